The minimum atomic E-state index is -4.53. The maximum Gasteiger partial charge on any atom is 0.422 e. The molecular formula is C7H12F3NO3. The first-order valence-corrected chi connectivity index (χ1v) is 3.85. The third-order valence-electron chi connectivity index (χ3n) is 1.21. The predicted molar refractivity (Wildman–Crippen MR) is 41.7 cm³/mol. The van der Waals surface area contributed by atoms with Gasteiger partial charge in [0.05, 0.1) is 6.10 Å². The second kappa shape index (κ2) is 5.04. The number of rotatable bonds is 3. The van der Waals surface area contributed by atoms with E-state index in [1.165, 1.54) is 14.0 Å². The molecule has 0 aliphatic heterocycles. The number of halogens is 3. The van der Waals surface area contributed by atoms with Crippen LogP contribution in [0.3, 0.4) is 0 Å². The summed E-state index contributed by atoms with van der Waals surface area (Å²) >= 11 is 0. The molecule has 0 aliphatic rings. The number of carbonyl (C=O) groups excluding carboxylic acids is 1. The lowest BCUT2D eigenvalue weighted by Gasteiger charge is -2.18. The minimum absolute atomic E-state index is 0.0727. The summed E-state index contributed by atoms with van der Waals surface area (Å²) in [5, 5.41) is 8.83. The number of amides is 1. The van der Waals surface area contributed by atoms with Crippen molar-refractivity contribution in [1.29, 1.82) is 0 Å². The Morgan fingerprint density at radius 1 is 1.57 bits per heavy atom. The molecule has 0 aliphatic carbocycles. The molecule has 0 saturated carbocycles. The van der Waals surface area contributed by atoms with E-state index in [-0.39, 0.29) is 6.54 Å². The molecule has 0 saturated heterocycles. The van der Waals surface area contributed by atoms with Crippen molar-refractivity contribution in [2.24, 2.45) is 0 Å². The van der Waals surface area contributed by atoms with Crippen LogP contribution in [0.1, 0.15) is 6.92 Å². The van der Waals surface area contributed by atoms with Crippen LogP contribution in [0, 0.1) is 0 Å². The quantitative estimate of drug-likeness (QED) is 0.764. The van der Waals surface area contributed by atoms with Gasteiger partial charge in [-0.1, -0.05) is 0 Å². The van der Waals surface area contributed by atoms with Crippen LogP contribution in [0.15, 0.2) is 0 Å². The van der Waals surface area contributed by atoms with Crippen LogP contribution in [0.4, 0.5) is 18.0 Å². The minimum Gasteiger partial charge on any atom is -0.440 e. The van der Waals surface area contributed by atoms with E-state index < -0.39 is 25.0 Å². The van der Waals surface area contributed by atoms with E-state index in [1.54, 1.807) is 0 Å². The lowest BCUT2D eigenvalue weighted by Crippen LogP contribution is -2.35. The van der Waals surface area contributed by atoms with Crippen LogP contribution in [-0.2, 0) is 4.74 Å². The van der Waals surface area contributed by atoms with Crippen molar-refractivity contribution in [3.05, 3.63) is 0 Å². The molecule has 1 N–H and O–H groups in total. The van der Waals surface area contributed by atoms with Crippen molar-refractivity contribution >= 4 is 6.09 Å². The zero-order valence-electron chi connectivity index (χ0n) is 7.84. The molecule has 0 rings (SSSR count). The average Bonchev–Trinajstić information content (AvgIpc) is 1.97. The molecule has 0 aromatic rings. The molecule has 0 spiro atoms. The van der Waals surface area contributed by atoms with Crippen molar-refractivity contribution in [3.63, 3.8) is 0 Å². The van der Waals surface area contributed by atoms with Crippen LogP contribution in [0.5, 0.6) is 0 Å². The Bertz CT molecular complexity index is 193. The highest BCUT2D eigenvalue weighted by molar-refractivity contribution is 5.67. The van der Waals surface area contributed by atoms with Gasteiger partial charge in [0.15, 0.2) is 6.61 Å². The Kier molecular flexibility index (Phi) is 4.69. The Labute approximate surface area is 79.3 Å². The van der Waals surface area contributed by atoms with E-state index in [2.05, 4.69) is 4.74 Å². The van der Waals surface area contributed by atoms with Gasteiger partial charge in [-0.25, -0.2) is 4.79 Å². The third-order valence-corrected chi connectivity index (χ3v) is 1.21. The van der Waals surface area contributed by atoms with Gasteiger partial charge in [-0.15, -0.1) is 0 Å². The first-order valence-electron chi connectivity index (χ1n) is 3.85. The summed E-state index contributed by atoms with van der Waals surface area (Å²) in [7, 11) is 1.24. The standard InChI is InChI=1S/C7H12F3NO3/c1-5(12)3-11(2)6(13)14-4-7(8,9)10/h5,12H,3-4H2,1-2H3. The summed E-state index contributed by atoms with van der Waals surface area (Å²) < 4.78 is 38.7. The lowest BCUT2D eigenvalue weighted by atomic mass is 10.4. The van der Waals surface area contributed by atoms with E-state index in [0.717, 1.165) is 4.90 Å². The SMILES string of the molecule is CC(O)CN(C)C(=O)OCC(F)(F)F. The van der Waals surface area contributed by atoms with E-state index in [1.807, 2.05) is 0 Å². The molecule has 14 heavy (non-hydrogen) atoms. The molecule has 84 valence electrons. The molecule has 7 heteroatoms. The summed E-state index contributed by atoms with van der Waals surface area (Å²) in [6.07, 6.45) is -6.44. The molecular weight excluding hydrogens is 203 g/mol. The van der Waals surface area contributed by atoms with E-state index >= 15 is 0 Å². The van der Waals surface area contributed by atoms with Crippen molar-refractivity contribution < 1.29 is 27.8 Å². The van der Waals surface area contributed by atoms with Gasteiger partial charge in [0.1, 0.15) is 0 Å². The van der Waals surface area contributed by atoms with Gasteiger partial charge in [0, 0.05) is 13.6 Å². The molecule has 1 unspecified atom stereocenters. The molecule has 0 fully saturated rings. The fraction of sp³-hybridized carbons (Fsp3) is 0.857. The number of hydrogen-bond acceptors (Lipinski definition) is 3. The summed E-state index contributed by atoms with van der Waals surface area (Å²) in [5.74, 6) is 0. The highest BCUT2D eigenvalue weighted by atomic mass is 19.4. The summed E-state index contributed by atoms with van der Waals surface area (Å²) in [6, 6.07) is 0. The zero-order chi connectivity index (χ0) is 11.4. The second-order valence-electron chi connectivity index (χ2n) is 2.90. The van der Waals surface area contributed by atoms with Crippen LogP contribution >= 0.6 is 0 Å². The number of nitrogens with zero attached hydrogens (tertiary/aromatic N) is 1. The maximum atomic E-state index is 11.6. The van der Waals surface area contributed by atoms with Crippen LogP contribution in [-0.4, -0.2) is 48.6 Å². The number of carbonyl (C=O) groups is 1. The molecule has 0 bridgehead atoms. The van der Waals surface area contributed by atoms with Crippen molar-refractivity contribution in [1.82, 2.24) is 4.90 Å². The normalized spacial score (nSPS) is 13.6. The van der Waals surface area contributed by atoms with Gasteiger partial charge in [-0.05, 0) is 6.92 Å². The third kappa shape index (κ3) is 6.53. The number of likely N-dealkylation sites (N-methyl/N-ethyl adjacent to an activating group) is 1. The molecule has 4 nitrogen and oxygen atoms in total. The number of aliphatic hydroxyl groups excluding tert-OH is 1. The summed E-state index contributed by atoms with van der Waals surface area (Å²) in [5.41, 5.74) is 0. The van der Waals surface area contributed by atoms with Crippen LogP contribution in [0.2, 0.25) is 0 Å². The first-order chi connectivity index (χ1) is 6.22. The predicted octanol–water partition coefficient (Wildman–Crippen LogP) is 0.998. The Morgan fingerprint density at radius 2 is 2.07 bits per heavy atom. The molecule has 1 atom stereocenters. The van der Waals surface area contributed by atoms with Gasteiger partial charge < -0.3 is 14.7 Å². The molecule has 0 heterocycles. The Balaban J connectivity index is 3.85. The van der Waals surface area contributed by atoms with Gasteiger partial charge in [-0.2, -0.15) is 13.2 Å². The second-order valence-corrected chi connectivity index (χ2v) is 2.90. The fourth-order valence-electron chi connectivity index (χ4n) is 0.725. The van der Waals surface area contributed by atoms with E-state index in [4.69, 9.17) is 5.11 Å². The van der Waals surface area contributed by atoms with Crippen molar-refractivity contribution in [2.75, 3.05) is 20.2 Å². The summed E-state index contributed by atoms with van der Waals surface area (Å²) in [4.78, 5) is 11.7. The van der Waals surface area contributed by atoms with Crippen molar-refractivity contribution in [3.8, 4) is 0 Å². The first kappa shape index (κ1) is 13.0. The van der Waals surface area contributed by atoms with Gasteiger partial charge in [0.2, 0.25) is 0 Å². The molecule has 0 aromatic carbocycles. The highest BCUT2D eigenvalue weighted by Gasteiger charge is 2.30. The zero-order valence-corrected chi connectivity index (χ0v) is 7.84. The van der Waals surface area contributed by atoms with Crippen molar-refractivity contribution in [2.45, 2.75) is 19.2 Å². The average molecular weight is 215 g/mol. The number of hydrogen-bond donors (Lipinski definition) is 1. The maximum absolute atomic E-state index is 11.6. The Morgan fingerprint density at radius 3 is 2.43 bits per heavy atom. The van der Waals surface area contributed by atoms with E-state index in [0.29, 0.717) is 0 Å². The van der Waals surface area contributed by atoms with Gasteiger partial charge in [-0.3, -0.25) is 0 Å². The van der Waals surface area contributed by atoms with Gasteiger partial charge >= 0.3 is 12.3 Å². The highest BCUT2D eigenvalue weighted by Crippen LogP contribution is 2.14. The number of alkyl halides is 3. The largest absolute Gasteiger partial charge is 0.440 e. The molecule has 1 amide bonds. The lowest BCUT2D eigenvalue weighted by molar-refractivity contribution is -0.162. The monoisotopic (exact) mass is 215 g/mol. The fourth-order valence-corrected chi connectivity index (χ4v) is 0.725. The number of aliphatic hydroxyl groups is 1. The van der Waals surface area contributed by atoms with Crippen LogP contribution < -0.4 is 0 Å². The molecule has 0 aromatic heterocycles. The molecule has 0 radical (unpaired) electrons. The Hall–Kier alpha value is -0.980. The van der Waals surface area contributed by atoms with Crippen LogP contribution in [0.25, 0.3) is 0 Å². The van der Waals surface area contributed by atoms with E-state index in [9.17, 15) is 18.0 Å². The summed E-state index contributed by atoms with van der Waals surface area (Å²) in [6.45, 7) is -0.278. The smallest absolute Gasteiger partial charge is 0.422 e. The number of ether oxygens (including phenoxy) is 1. The topological polar surface area (TPSA) is 49.8 Å². The van der Waals surface area contributed by atoms with Gasteiger partial charge in [0.25, 0.3) is 0 Å².